The minimum Gasteiger partial charge on any atom is -0.493 e. The summed E-state index contributed by atoms with van der Waals surface area (Å²) in [4.78, 5) is 0. The first kappa shape index (κ1) is 16.4. The minimum absolute atomic E-state index is 0.184. The van der Waals surface area contributed by atoms with Crippen molar-refractivity contribution >= 4 is 11.6 Å². The standard InChI is InChI=1S/C19H20ClNO/c1-14-9-10-19(15(2)12-14)22-11-5-6-16(13-21)17-7-3-4-8-18(17)20/h3-4,7-10,12,16H,5-6,11H2,1-2H3. The number of rotatable bonds is 6. The highest BCUT2D eigenvalue weighted by Gasteiger charge is 2.13. The molecular formula is C19H20ClNO. The Morgan fingerprint density at radius 3 is 2.64 bits per heavy atom. The summed E-state index contributed by atoms with van der Waals surface area (Å²) in [5, 5.41) is 10.0. The van der Waals surface area contributed by atoms with Crippen molar-refractivity contribution in [3.63, 3.8) is 0 Å². The highest BCUT2D eigenvalue weighted by molar-refractivity contribution is 6.31. The molecule has 2 nitrogen and oxygen atoms in total. The van der Waals surface area contributed by atoms with Crippen LogP contribution < -0.4 is 4.74 Å². The lowest BCUT2D eigenvalue weighted by Gasteiger charge is -2.13. The molecule has 0 bridgehead atoms. The maximum atomic E-state index is 9.35. The van der Waals surface area contributed by atoms with Crippen molar-refractivity contribution in [2.45, 2.75) is 32.6 Å². The van der Waals surface area contributed by atoms with Gasteiger partial charge in [0.15, 0.2) is 0 Å². The van der Waals surface area contributed by atoms with Gasteiger partial charge in [0.2, 0.25) is 0 Å². The Bertz CT molecular complexity index is 675. The van der Waals surface area contributed by atoms with E-state index in [-0.39, 0.29) is 5.92 Å². The molecule has 0 aliphatic heterocycles. The van der Waals surface area contributed by atoms with E-state index in [2.05, 4.69) is 19.1 Å². The number of nitrogens with zero attached hydrogens (tertiary/aromatic N) is 1. The van der Waals surface area contributed by atoms with Crippen LogP contribution in [0.5, 0.6) is 5.75 Å². The first-order valence-corrected chi connectivity index (χ1v) is 7.83. The molecule has 0 fully saturated rings. The number of halogens is 1. The Kier molecular flexibility index (Phi) is 5.86. The van der Waals surface area contributed by atoms with Gasteiger partial charge >= 0.3 is 0 Å². The summed E-state index contributed by atoms with van der Waals surface area (Å²) in [7, 11) is 0. The number of nitriles is 1. The predicted molar refractivity (Wildman–Crippen MR) is 90.5 cm³/mol. The zero-order chi connectivity index (χ0) is 15.9. The Morgan fingerprint density at radius 2 is 1.95 bits per heavy atom. The van der Waals surface area contributed by atoms with Crippen LogP contribution in [0.15, 0.2) is 42.5 Å². The summed E-state index contributed by atoms with van der Waals surface area (Å²) < 4.78 is 5.81. The molecule has 2 aromatic rings. The average Bonchev–Trinajstić information content (AvgIpc) is 2.50. The van der Waals surface area contributed by atoms with Gasteiger partial charge in [-0.1, -0.05) is 47.5 Å². The van der Waals surface area contributed by atoms with Crippen LogP contribution >= 0.6 is 11.6 Å². The van der Waals surface area contributed by atoms with E-state index in [0.717, 1.165) is 29.7 Å². The normalized spacial score (nSPS) is 11.7. The molecule has 0 radical (unpaired) electrons. The van der Waals surface area contributed by atoms with Crippen LogP contribution in [-0.4, -0.2) is 6.61 Å². The van der Waals surface area contributed by atoms with Gasteiger partial charge in [0.1, 0.15) is 5.75 Å². The smallest absolute Gasteiger partial charge is 0.122 e. The van der Waals surface area contributed by atoms with Crippen molar-refractivity contribution in [1.82, 2.24) is 0 Å². The fourth-order valence-corrected chi connectivity index (χ4v) is 2.75. The van der Waals surface area contributed by atoms with E-state index in [1.807, 2.05) is 43.3 Å². The second kappa shape index (κ2) is 7.87. The third-order valence-electron chi connectivity index (χ3n) is 3.66. The molecule has 1 unspecified atom stereocenters. The fraction of sp³-hybridized carbons (Fsp3) is 0.316. The van der Waals surface area contributed by atoms with Crippen LogP contribution in [0.25, 0.3) is 0 Å². The van der Waals surface area contributed by atoms with Crippen molar-refractivity contribution in [2.24, 2.45) is 0 Å². The third kappa shape index (κ3) is 4.26. The molecule has 0 aliphatic carbocycles. The van der Waals surface area contributed by atoms with E-state index in [1.54, 1.807) is 0 Å². The molecule has 0 saturated heterocycles. The quantitative estimate of drug-likeness (QED) is 0.667. The monoisotopic (exact) mass is 313 g/mol. The zero-order valence-electron chi connectivity index (χ0n) is 13.0. The summed E-state index contributed by atoms with van der Waals surface area (Å²) >= 11 is 6.16. The maximum absolute atomic E-state index is 9.35. The molecule has 0 saturated carbocycles. The Labute approximate surface area is 137 Å². The topological polar surface area (TPSA) is 33.0 Å². The number of ether oxygens (including phenoxy) is 1. The molecule has 0 spiro atoms. The Hall–Kier alpha value is -1.98. The van der Waals surface area contributed by atoms with E-state index in [0.29, 0.717) is 11.6 Å². The zero-order valence-corrected chi connectivity index (χ0v) is 13.7. The molecule has 3 heteroatoms. The lowest BCUT2D eigenvalue weighted by atomic mass is 9.96. The van der Waals surface area contributed by atoms with Crippen LogP contribution in [-0.2, 0) is 0 Å². The van der Waals surface area contributed by atoms with Gasteiger partial charge in [-0.25, -0.2) is 0 Å². The molecule has 0 N–H and O–H groups in total. The van der Waals surface area contributed by atoms with Crippen LogP contribution in [0.1, 0.15) is 35.4 Å². The maximum Gasteiger partial charge on any atom is 0.122 e. The molecule has 0 heterocycles. The Morgan fingerprint density at radius 1 is 1.18 bits per heavy atom. The van der Waals surface area contributed by atoms with Gasteiger partial charge in [0, 0.05) is 5.02 Å². The molecule has 2 aromatic carbocycles. The predicted octanol–water partition coefficient (Wildman–Crippen LogP) is 5.42. The fourth-order valence-electron chi connectivity index (χ4n) is 2.48. The van der Waals surface area contributed by atoms with Gasteiger partial charge in [-0.2, -0.15) is 5.26 Å². The van der Waals surface area contributed by atoms with Gasteiger partial charge in [0.05, 0.1) is 18.6 Å². The van der Waals surface area contributed by atoms with Crippen LogP contribution in [0.4, 0.5) is 0 Å². The number of hydrogen-bond donors (Lipinski definition) is 0. The molecule has 2 rings (SSSR count). The molecule has 22 heavy (non-hydrogen) atoms. The van der Waals surface area contributed by atoms with Gasteiger partial charge in [-0.05, 0) is 49.9 Å². The Balaban J connectivity index is 1.87. The highest BCUT2D eigenvalue weighted by Crippen LogP contribution is 2.27. The average molecular weight is 314 g/mol. The third-order valence-corrected chi connectivity index (χ3v) is 4.01. The van der Waals surface area contributed by atoms with Crippen molar-refractivity contribution < 1.29 is 4.74 Å². The van der Waals surface area contributed by atoms with Crippen LogP contribution in [0.2, 0.25) is 5.02 Å². The summed E-state index contributed by atoms with van der Waals surface area (Å²) in [6, 6.07) is 16.0. The number of hydrogen-bond acceptors (Lipinski definition) is 2. The van der Waals surface area contributed by atoms with E-state index < -0.39 is 0 Å². The summed E-state index contributed by atoms with van der Waals surface area (Å²) in [6.45, 7) is 4.72. The highest BCUT2D eigenvalue weighted by atomic mass is 35.5. The molecular weight excluding hydrogens is 294 g/mol. The lowest BCUT2D eigenvalue weighted by Crippen LogP contribution is -2.03. The van der Waals surface area contributed by atoms with Gasteiger partial charge in [-0.15, -0.1) is 0 Å². The minimum atomic E-state index is -0.184. The van der Waals surface area contributed by atoms with Crippen molar-refractivity contribution in [2.75, 3.05) is 6.61 Å². The van der Waals surface area contributed by atoms with E-state index >= 15 is 0 Å². The molecule has 114 valence electrons. The van der Waals surface area contributed by atoms with E-state index in [1.165, 1.54) is 5.56 Å². The second-order valence-corrected chi connectivity index (χ2v) is 5.87. The molecule has 0 aliphatic rings. The van der Waals surface area contributed by atoms with Crippen LogP contribution in [0.3, 0.4) is 0 Å². The van der Waals surface area contributed by atoms with Gasteiger partial charge in [0.25, 0.3) is 0 Å². The van der Waals surface area contributed by atoms with Crippen molar-refractivity contribution in [3.8, 4) is 11.8 Å². The van der Waals surface area contributed by atoms with Gasteiger partial charge < -0.3 is 4.74 Å². The van der Waals surface area contributed by atoms with Gasteiger partial charge in [-0.3, -0.25) is 0 Å². The van der Waals surface area contributed by atoms with E-state index in [9.17, 15) is 5.26 Å². The summed E-state index contributed by atoms with van der Waals surface area (Å²) in [5.41, 5.74) is 3.27. The SMILES string of the molecule is Cc1ccc(OCCCC(C#N)c2ccccc2Cl)c(C)c1. The number of benzene rings is 2. The van der Waals surface area contributed by atoms with E-state index in [4.69, 9.17) is 16.3 Å². The first-order chi connectivity index (χ1) is 10.6. The molecule has 1 atom stereocenters. The largest absolute Gasteiger partial charge is 0.493 e. The van der Waals surface area contributed by atoms with Crippen molar-refractivity contribution in [1.29, 1.82) is 5.26 Å². The second-order valence-electron chi connectivity index (χ2n) is 5.46. The van der Waals surface area contributed by atoms with Crippen LogP contribution in [0, 0.1) is 25.2 Å². The summed E-state index contributed by atoms with van der Waals surface area (Å²) in [6.07, 6.45) is 1.56. The first-order valence-electron chi connectivity index (χ1n) is 7.46. The summed E-state index contributed by atoms with van der Waals surface area (Å²) in [5.74, 6) is 0.730. The molecule has 0 aromatic heterocycles. The van der Waals surface area contributed by atoms with Crippen molar-refractivity contribution in [3.05, 3.63) is 64.2 Å². The lowest BCUT2D eigenvalue weighted by molar-refractivity contribution is 0.303. The number of aryl methyl sites for hydroxylation is 2. The molecule has 0 amide bonds.